The third kappa shape index (κ3) is 4.32. The molecule has 19 heavy (non-hydrogen) atoms. The molecule has 1 aromatic carbocycles. The van der Waals surface area contributed by atoms with Gasteiger partial charge in [0.2, 0.25) is 0 Å². The first-order chi connectivity index (χ1) is 8.31. The number of halogens is 9. The summed E-state index contributed by atoms with van der Waals surface area (Å²) in [5, 5.41) is 0. The van der Waals surface area contributed by atoms with E-state index in [9.17, 15) is 39.5 Å². The monoisotopic (exact) mass is 296 g/mol. The van der Waals surface area contributed by atoms with Crippen molar-refractivity contribution in [1.29, 1.82) is 0 Å². The molecule has 0 saturated heterocycles. The average Bonchev–Trinajstić information content (AvgIpc) is 2.11. The molecule has 9 heteroatoms. The van der Waals surface area contributed by atoms with Gasteiger partial charge >= 0.3 is 18.5 Å². The second-order valence-corrected chi connectivity index (χ2v) is 3.66. The second-order valence-electron chi connectivity index (χ2n) is 3.66. The molecule has 1 aromatic rings. The Balaban J connectivity index is 3.34. The highest BCUT2D eigenvalue weighted by atomic mass is 19.4. The van der Waals surface area contributed by atoms with Crippen molar-refractivity contribution >= 4 is 0 Å². The molecule has 1 rings (SSSR count). The minimum absolute atomic E-state index is 0.191. The molecule has 0 aliphatic carbocycles. The molecule has 0 nitrogen and oxygen atoms in total. The predicted octanol–water partition coefficient (Wildman–Crippen LogP) is 4.83. The van der Waals surface area contributed by atoms with Crippen LogP contribution >= 0.6 is 0 Å². The molecule has 108 valence electrons. The quantitative estimate of drug-likeness (QED) is 0.651. The number of rotatable bonds is 1. The topological polar surface area (TPSA) is 0 Å². The van der Waals surface area contributed by atoms with Crippen LogP contribution in [0.1, 0.15) is 16.7 Å². The van der Waals surface area contributed by atoms with Gasteiger partial charge in [0.25, 0.3) is 0 Å². The van der Waals surface area contributed by atoms with E-state index in [2.05, 4.69) is 0 Å². The minimum atomic E-state index is -5.29. The fourth-order valence-electron chi connectivity index (χ4n) is 1.39. The van der Waals surface area contributed by atoms with Gasteiger partial charge in [-0.25, -0.2) is 0 Å². The summed E-state index contributed by atoms with van der Waals surface area (Å²) < 4.78 is 110. The summed E-state index contributed by atoms with van der Waals surface area (Å²) >= 11 is 0. The number of hydrogen-bond donors (Lipinski definition) is 0. The molecule has 0 fully saturated rings. The number of alkyl halides is 9. The molecule has 0 atom stereocenters. The van der Waals surface area contributed by atoms with Crippen LogP contribution in [0.5, 0.6) is 0 Å². The summed E-state index contributed by atoms with van der Waals surface area (Å²) in [5.41, 5.74) is -4.82. The standard InChI is InChI=1S/C10H5F9/c11-8(12,13)4-5-1-2-6(9(14,15)16)3-7(5)10(17,18)19/h1-3H,4H2. The van der Waals surface area contributed by atoms with Gasteiger partial charge in [-0.1, -0.05) is 6.07 Å². The Hall–Kier alpha value is -1.41. The lowest BCUT2D eigenvalue weighted by atomic mass is 10.0. The van der Waals surface area contributed by atoms with E-state index in [1.165, 1.54) is 0 Å². The van der Waals surface area contributed by atoms with E-state index in [0.717, 1.165) is 0 Å². The van der Waals surface area contributed by atoms with Gasteiger partial charge in [-0.05, 0) is 17.7 Å². The minimum Gasteiger partial charge on any atom is -0.171 e. The molecule has 0 spiro atoms. The Morgan fingerprint density at radius 3 is 1.63 bits per heavy atom. The van der Waals surface area contributed by atoms with E-state index < -0.39 is 41.6 Å². The molecule has 0 bridgehead atoms. The molecule has 0 aromatic heterocycles. The van der Waals surface area contributed by atoms with E-state index in [-0.39, 0.29) is 18.2 Å². The van der Waals surface area contributed by atoms with E-state index in [1.807, 2.05) is 0 Å². The molecule has 0 N–H and O–H groups in total. The summed E-state index contributed by atoms with van der Waals surface area (Å²) in [6.45, 7) is 0. The van der Waals surface area contributed by atoms with Crippen molar-refractivity contribution in [2.45, 2.75) is 24.9 Å². The third-order valence-corrected chi connectivity index (χ3v) is 2.13. The highest BCUT2D eigenvalue weighted by Crippen LogP contribution is 2.38. The summed E-state index contributed by atoms with van der Waals surface area (Å²) in [6, 6.07) is 0.0660. The lowest BCUT2D eigenvalue weighted by Crippen LogP contribution is -2.18. The van der Waals surface area contributed by atoms with Crippen LogP contribution in [0.2, 0.25) is 0 Å². The smallest absolute Gasteiger partial charge is 0.171 e. The van der Waals surface area contributed by atoms with Crippen molar-refractivity contribution in [3.63, 3.8) is 0 Å². The maximum absolute atomic E-state index is 12.5. The lowest BCUT2D eigenvalue weighted by Gasteiger charge is -2.16. The van der Waals surface area contributed by atoms with Crippen LogP contribution in [0, 0.1) is 0 Å². The van der Waals surface area contributed by atoms with Gasteiger partial charge in [0.15, 0.2) is 0 Å². The van der Waals surface area contributed by atoms with Gasteiger partial charge in [-0.15, -0.1) is 0 Å². The maximum atomic E-state index is 12.5. The Kier molecular flexibility index (Phi) is 3.79. The number of benzene rings is 1. The van der Waals surface area contributed by atoms with Crippen molar-refractivity contribution in [1.82, 2.24) is 0 Å². The molecular weight excluding hydrogens is 291 g/mol. The molecule has 0 aliphatic heterocycles. The van der Waals surface area contributed by atoms with Crippen LogP contribution in [-0.4, -0.2) is 6.18 Å². The highest BCUT2D eigenvalue weighted by molar-refractivity contribution is 5.36. The fourth-order valence-corrected chi connectivity index (χ4v) is 1.39. The summed E-state index contributed by atoms with van der Waals surface area (Å²) in [7, 11) is 0. The zero-order chi connectivity index (χ0) is 15.1. The zero-order valence-electron chi connectivity index (χ0n) is 8.84. The van der Waals surface area contributed by atoms with Crippen molar-refractivity contribution in [3.05, 3.63) is 34.9 Å². The highest BCUT2D eigenvalue weighted by Gasteiger charge is 2.40. The zero-order valence-corrected chi connectivity index (χ0v) is 8.84. The third-order valence-electron chi connectivity index (χ3n) is 2.13. The molecule has 0 aliphatic rings. The lowest BCUT2D eigenvalue weighted by molar-refractivity contribution is -0.146. The number of hydrogen-bond acceptors (Lipinski definition) is 0. The molecule has 0 amide bonds. The van der Waals surface area contributed by atoms with E-state index in [0.29, 0.717) is 0 Å². The van der Waals surface area contributed by atoms with Crippen molar-refractivity contribution < 1.29 is 39.5 Å². The van der Waals surface area contributed by atoms with Gasteiger partial charge in [0, 0.05) is 0 Å². The Morgan fingerprint density at radius 1 is 0.737 bits per heavy atom. The normalized spacial score (nSPS) is 13.7. The molecular formula is C10H5F9. The SMILES string of the molecule is FC(F)(F)Cc1ccc(C(F)(F)F)cc1C(F)(F)F. The maximum Gasteiger partial charge on any atom is 0.416 e. The van der Waals surface area contributed by atoms with Crippen LogP contribution in [0.25, 0.3) is 0 Å². The van der Waals surface area contributed by atoms with E-state index >= 15 is 0 Å². The van der Waals surface area contributed by atoms with E-state index in [1.54, 1.807) is 0 Å². The van der Waals surface area contributed by atoms with Gasteiger partial charge in [-0.2, -0.15) is 39.5 Å². The summed E-state index contributed by atoms with van der Waals surface area (Å²) in [5.74, 6) is 0. The first-order valence-corrected chi connectivity index (χ1v) is 4.65. The average molecular weight is 296 g/mol. The van der Waals surface area contributed by atoms with Crippen molar-refractivity contribution in [3.8, 4) is 0 Å². The summed E-state index contributed by atoms with van der Waals surface area (Å²) in [6.07, 6.45) is -17.2. The van der Waals surface area contributed by atoms with Gasteiger partial charge < -0.3 is 0 Å². The van der Waals surface area contributed by atoms with Crippen LogP contribution in [0.3, 0.4) is 0 Å². The van der Waals surface area contributed by atoms with Gasteiger partial charge in [0.1, 0.15) is 0 Å². The largest absolute Gasteiger partial charge is 0.416 e. The van der Waals surface area contributed by atoms with Crippen LogP contribution in [0.4, 0.5) is 39.5 Å². The van der Waals surface area contributed by atoms with E-state index in [4.69, 9.17) is 0 Å². The molecule has 0 heterocycles. The van der Waals surface area contributed by atoms with Crippen LogP contribution in [-0.2, 0) is 18.8 Å². The van der Waals surface area contributed by atoms with Crippen molar-refractivity contribution in [2.75, 3.05) is 0 Å². The first-order valence-electron chi connectivity index (χ1n) is 4.65. The molecule has 0 radical (unpaired) electrons. The summed E-state index contributed by atoms with van der Waals surface area (Å²) in [4.78, 5) is 0. The Morgan fingerprint density at radius 2 is 1.26 bits per heavy atom. The molecule has 0 unspecified atom stereocenters. The Bertz CT molecular complexity index is 450. The van der Waals surface area contributed by atoms with Crippen LogP contribution in [0.15, 0.2) is 18.2 Å². The fraction of sp³-hybridized carbons (Fsp3) is 0.400. The Labute approximate surface area is 100 Å². The second kappa shape index (κ2) is 4.61. The molecule has 0 saturated carbocycles. The van der Waals surface area contributed by atoms with Gasteiger partial charge in [-0.3, -0.25) is 0 Å². The van der Waals surface area contributed by atoms with Gasteiger partial charge in [0.05, 0.1) is 17.5 Å². The van der Waals surface area contributed by atoms with Crippen LogP contribution < -0.4 is 0 Å². The van der Waals surface area contributed by atoms with Crippen molar-refractivity contribution in [2.24, 2.45) is 0 Å². The predicted molar refractivity (Wildman–Crippen MR) is 46.2 cm³/mol. The first kappa shape index (κ1) is 15.6.